The standard InChI is InChI=1S/C18H17F3N6O/c19-18(20,21)13-3-4-15(23-10-13)26-8-1-2-14(26)11-27-17(28)6-5-16(24-27)25-9-7-22-12-25/h3-7,9-10,12,14H,1-2,8,11H2. The minimum Gasteiger partial charge on any atom is -0.352 e. The van der Waals surface area contributed by atoms with E-state index in [1.807, 2.05) is 4.90 Å². The maximum Gasteiger partial charge on any atom is 0.417 e. The van der Waals surface area contributed by atoms with E-state index in [0.29, 0.717) is 24.7 Å². The Morgan fingerprint density at radius 1 is 1.14 bits per heavy atom. The molecule has 0 aliphatic carbocycles. The largest absolute Gasteiger partial charge is 0.417 e. The van der Waals surface area contributed by atoms with Crippen LogP contribution in [0.2, 0.25) is 0 Å². The SMILES string of the molecule is O=c1ccc(-n2ccnc2)nn1CC1CCCN1c1ccc(C(F)(F)F)cn1. The zero-order chi connectivity index (χ0) is 19.7. The predicted molar refractivity (Wildman–Crippen MR) is 95.2 cm³/mol. The van der Waals surface area contributed by atoms with Crippen LogP contribution in [0.25, 0.3) is 5.82 Å². The van der Waals surface area contributed by atoms with Crippen molar-refractivity contribution in [2.75, 3.05) is 11.4 Å². The van der Waals surface area contributed by atoms with Gasteiger partial charge in [0.25, 0.3) is 5.56 Å². The van der Waals surface area contributed by atoms with Gasteiger partial charge in [-0.1, -0.05) is 0 Å². The van der Waals surface area contributed by atoms with Gasteiger partial charge in [0.1, 0.15) is 12.1 Å². The first kappa shape index (κ1) is 18.2. The molecule has 1 aliphatic rings. The van der Waals surface area contributed by atoms with Gasteiger partial charge >= 0.3 is 6.18 Å². The van der Waals surface area contributed by atoms with Crippen LogP contribution in [0.4, 0.5) is 19.0 Å². The molecular formula is C18H17F3N6O. The number of nitrogens with zero attached hydrogens (tertiary/aromatic N) is 6. The Hall–Kier alpha value is -3.17. The number of imidazole rings is 1. The van der Waals surface area contributed by atoms with Gasteiger partial charge in [0.15, 0.2) is 5.82 Å². The maximum absolute atomic E-state index is 12.8. The second-order valence-corrected chi connectivity index (χ2v) is 6.57. The van der Waals surface area contributed by atoms with Crippen LogP contribution < -0.4 is 10.5 Å². The molecule has 4 rings (SSSR count). The van der Waals surface area contributed by atoms with Crippen molar-refractivity contribution in [3.8, 4) is 5.82 Å². The first-order chi connectivity index (χ1) is 13.4. The minimum atomic E-state index is -4.42. The summed E-state index contributed by atoms with van der Waals surface area (Å²) in [7, 11) is 0. The summed E-state index contributed by atoms with van der Waals surface area (Å²) in [5, 5.41) is 4.38. The molecule has 28 heavy (non-hydrogen) atoms. The van der Waals surface area contributed by atoms with Gasteiger partial charge in [-0.25, -0.2) is 14.6 Å². The van der Waals surface area contributed by atoms with E-state index in [0.717, 1.165) is 25.1 Å². The summed E-state index contributed by atoms with van der Waals surface area (Å²) in [5.74, 6) is 1.03. The van der Waals surface area contributed by atoms with E-state index in [1.165, 1.54) is 16.8 Å². The molecular weight excluding hydrogens is 373 g/mol. The number of hydrogen-bond donors (Lipinski definition) is 0. The molecule has 0 bridgehead atoms. The number of alkyl halides is 3. The van der Waals surface area contributed by atoms with Gasteiger partial charge in [0.05, 0.1) is 18.2 Å². The van der Waals surface area contributed by atoms with Crippen molar-refractivity contribution >= 4 is 5.82 Å². The van der Waals surface area contributed by atoms with Crippen LogP contribution >= 0.6 is 0 Å². The fourth-order valence-electron chi connectivity index (χ4n) is 3.35. The van der Waals surface area contributed by atoms with E-state index >= 15 is 0 Å². The van der Waals surface area contributed by atoms with E-state index < -0.39 is 11.7 Å². The van der Waals surface area contributed by atoms with E-state index in [-0.39, 0.29) is 11.6 Å². The topological polar surface area (TPSA) is 68.8 Å². The molecule has 1 fully saturated rings. The smallest absolute Gasteiger partial charge is 0.352 e. The lowest BCUT2D eigenvalue weighted by Gasteiger charge is -2.26. The molecule has 7 nitrogen and oxygen atoms in total. The third kappa shape index (κ3) is 3.62. The molecule has 0 saturated carbocycles. The van der Waals surface area contributed by atoms with Crippen molar-refractivity contribution < 1.29 is 13.2 Å². The molecule has 4 heterocycles. The van der Waals surface area contributed by atoms with Crippen molar-refractivity contribution in [1.82, 2.24) is 24.3 Å². The van der Waals surface area contributed by atoms with Gasteiger partial charge in [0, 0.05) is 31.2 Å². The average molecular weight is 390 g/mol. The van der Waals surface area contributed by atoms with Gasteiger partial charge in [-0.3, -0.25) is 9.36 Å². The maximum atomic E-state index is 12.8. The van der Waals surface area contributed by atoms with Crippen molar-refractivity contribution in [2.24, 2.45) is 0 Å². The molecule has 0 N–H and O–H groups in total. The van der Waals surface area contributed by atoms with Gasteiger partial charge in [-0.2, -0.15) is 18.3 Å². The zero-order valence-corrected chi connectivity index (χ0v) is 14.8. The average Bonchev–Trinajstić information content (AvgIpc) is 3.35. The van der Waals surface area contributed by atoms with Crippen LogP contribution in [0, 0.1) is 0 Å². The second-order valence-electron chi connectivity index (χ2n) is 6.57. The van der Waals surface area contributed by atoms with Crippen LogP contribution in [-0.4, -0.2) is 36.9 Å². The number of pyridine rings is 1. The number of anilines is 1. The molecule has 1 saturated heterocycles. The van der Waals surface area contributed by atoms with E-state index in [4.69, 9.17) is 0 Å². The zero-order valence-electron chi connectivity index (χ0n) is 14.8. The van der Waals surface area contributed by atoms with Gasteiger partial charge in [-0.05, 0) is 31.0 Å². The van der Waals surface area contributed by atoms with Gasteiger partial charge < -0.3 is 4.90 Å². The predicted octanol–water partition coefficient (Wildman–Crippen LogP) is 2.51. The number of rotatable bonds is 4. The summed E-state index contributed by atoms with van der Waals surface area (Å²) in [6.45, 7) is 0.989. The van der Waals surface area contributed by atoms with Gasteiger partial charge in [0.2, 0.25) is 0 Å². The molecule has 3 aromatic heterocycles. The molecule has 0 radical (unpaired) electrons. The molecule has 0 amide bonds. The number of aromatic nitrogens is 5. The monoisotopic (exact) mass is 390 g/mol. The molecule has 10 heteroatoms. The normalized spacial score (nSPS) is 17.2. The minimum absolute atomic E-state index is 0.0764. The highest BCUT2D eigenvalue weighted by molar-refractivity contribution is 5.42. The lowest BCUT2D eigenvalue weighted by molar-refractivity contribution is -0.137. The molecule has 0 spiro atoms. The summed E-state index contributed by atoms with van der Waals surface area (Å²) < 4.78 is 41.3. The Balaban J connectivity index is 1.56. The molecule has 1 atom stereocenters. The third-order valence-electron chi connectivity index (χ3n) is 4.75. The quantitative estimate of drug-likeness (QED) is 0.685. The van der Waals surface area contributed by atoms with Crippen molar-refractivity contribution in [3.05, 3.63) is 65.1 Å². The molecule has 146 valence electrons. The number of hydrogen-bond acceptors (Lipinski definition) is 5. The summed E-state index contributed by atoms with van der Waals surface area (Å²) in [6.07, 6.45) is 3.02. The summed E-state index contributed by atoms with van der Waals surface area (Å²) in [6, 6.07) is 5.39. The lowest BCUT2D eigenvalue weighted by atomic mass is 10.2. The highest BCUT2D eigenvalue weighted by Gasteiger charge is 2.32. The van der Waals surface area contributed by atoms with Crippen molar-refractivity contribution in [1.29, 1.82) is 0 Å². The van der Waals surface area contributed by atoms with E-state index in [1.54, 1.807) is 29.4 Å². The third-order valence-corrected chi connectivity index (χ3v) is 4.75. The molecule has 3 aromatic rings. The Morgan fingerprint density at radius 3 is 2.64 bits per heavy atom. The summed E-state index contributed by atoms with van der Waals surface area (Å²) in [5.41, 5.74) is -1.02. The highest BCUT2D eigenvalue weighted by atomic mass is 19.4. The fourth-order valence-corrected chi connectivity index (χ4v) is 3.35. The molecule has 0 aromatic carbocycles. The number of halogens is 3. The van der Waals surface area contributed by atoms with Crippen LogP contribution in [0.3, 0.4) is 0 Å². The Bertz CT molecular complexity index is 997. The highest BCUT2D eigenvalue weighted by Crippen LogP contribution is 2.31. The summed E-state index contributed by atoms with van der Waals surface area (Å²) >= 11 is 0. The van der Waals surface area contributed by atoms with Crippen LogP contribution in [0.1, 0.15) is 18.4 Å². The lowest BCUT2D eigenvalue weighted by Crippen LogP contribution is -2.37. The van der Waals surface area contributed by atoms with Crippen molar-refractivity contribution in [2.45, 2.75) is 31.6 Å². The van der Waals surface area contributed by atoms with Crippen molar-refractivity contribution in [3.63, 3.8) is 0 Å². The second kappa shape index (κ2) is 7.10. The Labute approximate surface area is 158 Å². The summed E-state index contributed by atoms with van der Waals surface area (Å²) in [4.78, 5) is 22.1. The first-order valence-corrected chi connectivity index (χ1v) is 8.78. The Morgan fingerprint density at radius 2 is 1.96 bits per heavy atom. The first-order valence-electron chi connectivity index (χ1n) is 8.78. The van der Waals surface area contributed by atoms with Crippen LogP contribution in [-0.2, 0) is 12.7 Å². The molecule has 1 unspecified atom stereocenters. The van der Waals surface area contributed by atoms with E-state index in [2.05, 4.69) is 15.1 Å². The van der Waals surface area contributed by atoms with E-state index in [9.17, 15) is 18.0 Å². The van der Waals surface area contributed by atoms with Crippen LogP contribution in [0.5, 0.6) is 0 Å². The van der Waals surface area contributed by atoms with Crippen LogP contribution in [0.15, 0.2) is 54.0 Å². The fraction of sp³-hybridized carbons (Fsp3) is 0.333. The molecule has 1 aliphatic heterocycles. The van der Waals surface area contributed by atoms with Gasteiger partial charge in [-0.15, -0.1) is 0 Å². The Kier molecular flexibility index (Phi) is 4.62.